The first-order valence-electron chi connectivity index (χ1n) is 11.1. The van der Waals surface area contributed by atoms with E-state index in [1.807, 2.05) is 0 Å². The van der Waals surface area contributed by atoms with E-state index >= 15 is 0 Å². The molecule has 1 amide bonds. The molecule has 0 aliphatic carbocycles. The Morgan fingerprint density at radius 3 is 2.46 bits per heavy atom. The summed E-state index contributed by atoms with van der Waals surface area (Å²) < 4.78 is 38.4. The Balaban J connectivity index is 0.00000420. The predicted octanol–water partition coefficient (Wildman–Crippen LogP) is 3.71. The molecule has 39 heavy (non-hydrogen) atoms. The van der Waals surface area contributed by atoms with Crippen molar-refractivity contribution in [3.05, 3.63) is 81.8 Å². The summed E-state index contributed by atoms with van der Waals surface area (Å²) in [7, 11) is -3.21. The van der Waals surface area contributed by atoms with Crippen LogP contribution in [0.4, 0.5) is 17.1 Å². The monoisotopic (exact) mass is 595 g/mol. The number of fused-ring (bicyclic) bond motifs is 1. The maximum Gasteiger partial charge on any atom is 1.00 e. The minimum atomic E-state index is -4.64. The maximum absolute atomic E-state index is 13.5. The number of ether oxygens (including phenoxy) is 1. The van der Waals surface area contributed by atoms with Gasteiger partial charge in [-0.25, -0.2) is 0 Å². The van der Waals surface area contributed by atoms with Crippen LogP contribution in [0.15, 0.2) is 75.8 Å². The van der Waals surface area contributed by atoms with Crippen molar-refractivity contribution in [2.75, 3.05) is 12.4 Å². The summed E-state index contributed by atoms with van der Waals surface area (Å²) >= 11 is 12.3. The van der Waals surface area contributed by atoms with E-state index in [1.54, 1.807) is 43.3 Å². The van der Waals surface area contributed by atoms with Gasteiger partial charge in [0.05, 0.1) is 23.5 Å². The second kappa shape index (κ2) is 12.6. The molecular formula is C26H20Cl2N3NaO6S. The van der Waals surface area contributed by atoms with Crippen LogP contribution >= 0.6 is 23.2 Å². The Kier molecular flexibility index (Phi) is 10.0. The fraction of sp³-hybridized carbons (Fsp3) is 0.115. The average Bonchev–Trinajstić information content (AvgIpc) is 2.88. The van der Waals surface area contributed by atoms with Crippen LogP contribution in [-0.2, 0) is 16.5 Å². The fourth-order valence-electron chi connectivity index (χ4n) is 3.75. The van der Waals surface area contributed by atoms with Crippen molar-refractivity contribution < 1.29 is 57.2 Å². The number of carbonyl (C=O) groups is 1. The third-order valence-electron chi connectivity index (χ3n) is 5.65. The number of rotatable bonds is 7. The number of methoxy groups -OCH3 is 1. The summed E-state index contributed by atoms with van der Waals surface area (Å²) in [6.07, 6.45) is 0.417. The Hall–Kier alpha value is -2.70. The van der Waals surface area contributed by atoms with Crippen molar-refractivity contribution in [1.82, 2.24) is 0 Å². The summed E-state index contributed by atoms with van der Waals surface area (Å²) in [6, 6.07) is 15.6. The van der Waals surface area contributed by atoms with Gasteiger partial charge in [-0.15, -0.1) is 5.11 Å². The standard InChI is InChI=1S/C26H21Cl2N3O6S.Na/c1-3-14-10-20(23(28)22(11-14)38(34,35)36)30-31-24-17-7-5-4-6-15(17)12-18(25(24)32)26(33)29-19-13-16(27)8-9-21(19)37-2;/h4-13,32H,3H2,1-2H3,(H,29,33)(H,34,35,36);/q;+1/p-1. The van der Waals surface area contributed by atoms with Gasteiger partial charge >= 0.3 is 29.6 Å². The molecule has 0 aromatic heterocycles. The fourth-order valence-corrected chi connectivity index (χ4v) is 4.99. The molecule has 0 radical (unpaired) electrons. The first kappa shape index (κ1) is 30.8. The largest absolute Gasteiger partial charge is 1.00 e. The van der Waals surface area contributed by atoms with Gasteiger partial charge in [0.1, 0.15) is 16.3 Å². The van der Waals surface area contributed by atoms with Gasteiger partial charge in [0.15, 0.2) is 0 Å². The van der Waals surface area contributed by atoms with E-state index in [4.69, 9.17) is 27.9 Å². The normalized spacial score (nSPS) is 11.4. The third-order valence-corrected chi connectivity index (χ3v) is 7.28. The molecule has 4 aromatic rings. The van der Waals surface area contributed by atoms with Gasteiger partial charge in [-0.2, -0.15) is 13.5 Å². The number of hydrogen-bond donors (Lipinski definition) is 2. The zero-order valence-electron chi connectivity index (χ0n) is 21.0. The number of aryl methyl sites for hydroxylation is 1. The van der Waals surface area contributed by atoms with E-state index < -0.39 is 26.7 Å². The van der Waals surface area contributed by atoms with Crippen LogP contribution in [-0.4, -0.2) is 26.0 Å². The zero-order chi connectivity index (χ0) is 27.6. The Morgan fingerprint density at radius 1 is 1.08 bits per heavy atom. The van der Waals surface area contributed by atoms with Crippen molar-refractivity contribution in [3.63, 3.8) is 0 Å². The van der Waals surface area contributed by atoms with Crippen LogP contribution in [0.1, 0.15) is 22.8 Å². The molecule has 0 saturated heterocycles. The van der Waals surface area contributed by atoms with Gasteiger partial charge in [0, 0.05) is 16.0 Å². The molecule has 0 atom stereocenters. The number of halogens is 2. The summed E-state index contributed by atoms with van der Waals surface area (Å²) in [6.45, 7) is 1.78. The number of nitrogens with one attached hydrogen (secondary N) is 1. The first-order chi connectivity index (χ1) is 18.0. The molecule has 2 N–H and O–H groups in total. The predicted molar refractivity (Wildman–Crippen MR) is 144 cm³/mol. The smallest absolute Gasteiger partial charge is 0.870 e. The molecule has 0 bridgehead atoms. The molecule has 0 saturated carbocycles. The van der Waals surface area contributed by atoms with E-state index in [-0.39, 0.29) is 57.2 Å². The molecule has 0 aliphatic heterocycles. The molecule has 4 aromatic carbocycles. The zero-order valence-corrected chi connectivity index (χ0v) is 25.4. The minimum Gasteiger partial charge on any atom is -0.870 e. The number of anilines is 1. The molecule has 4 rings (SSSR count). The number of azo groups is 1. The molecule has 13 heteroatoms. The van der Waals surface area contributed by atoms with Gasteiger partial charge in [0.2, 0.25) is 0 Å². The van der Waals surface area contributed by atoms with Crippen LogP contribution in [0, 0.1) is 0 Å². The molecule has 0 fully saturated rings. The van der Waals surface area contributed by atoms with E-state index in [1.165, 1.54) is 31.4 Å². The molecule has 0 unspecified atom stereocenters. The van der Waals surface area contributed by atoms with E-state index in [2.05, 4.69) is 15.5 Å². The Labute approximate surface area is 256 Å². The van der Waals surface area contributed by atoms with Crippen LogP contribution < -0.4 is 44.7 Å². The van der Waals surface area contributed by atoms with E-state index in [9.17, 15) is 22.9 Å². The number of nitrogens with zero attached hydrogens (tertiary/aromatic N) is 2. The van der Waals surface area contributed by atoms with Crippen LogP contribution in [0.2, 0.25) is 10.0 Å². The SMILES string of the molecule is CCc1cc(N=Nc2c([O-])c(C(=O)Nc3cc(Cl)ccc3OC)cc3ccccc23)c(Cl)c(S(=O)(=O)O)c1.[Na+]. The second-order valence-electron chi connectivity index (χ2n) is 8.08. The van der Waals surface area contributed by atoms with Gasteiger partial charge < -0.3 is 15.2 Å². The second-order valence-corrected chi connectivity index (χ2v) is 10.3. The van der Waals surface area contributed by atoms with Crippen molar-refractivity contribution in [3.8, 4) is 11.5 Å². The number of benzene rings is 4. The Bertz CT molecular complexity index is 1710. The van der Waals surface area contributed by atoms with E-state index in [0.29, 0.717) is 33.5 Å². The average molecular weight is 596 g/mol. The van der Waals surface area contributed by atoms with Gasteiger partial charge in [0.25, 0.3) is 16.0 Å². The summed E-state index contributed by atoms with van der Waals surface area (Å²) in [4.78, 5) is 12.7. The molecular weight excluding hydrogens is 576 g/mol. The van der Waals surface area contributed by atoms with Crippen LogP contribution in [0.25, 0.3) is 10.8 Å². The number of hydrogen-bond acceptors (Lipinski definition) is 7. The molecule has 0 aliphatic rings. The first-order valence-corrected chi connectivity index (χ1v) is 13.3. The molecule has 9 nitrogen and oxygen atoms in total. The number of carbonyl (C=O) groups excluding carboxylic acids is 1. The van der Waals surface area contributed by atoms with E-state index in [0.717, 1.165) is 0 Å². The van der Waals surface area contributed by atoms with Crippen molar-refractivity contribution >= 4 is 67.1 Å². The number of amides is 1. The summed E-state index contributed by atoms with van der Waals surface area (Å²) in [5, 5.41) is 25.2. The van der Waals surface area contributed by atoms with Gasteiger partial charge in [-0.1, -0.05) is 60.1 Å². The Morgan fingerprint density at radius 2 is 1.79 bits per heavy atom. The third kappa shape index (κ3) is 6.72. The quantitative estimate of drug-likeness (QED) is 0.189. The van der Waals surface area contributed by atoms with Crippen molar-refractivity contribution in [1.29, 1.82) is 0 Å². The minimum absolute atomic E-state index is 0. The summed E-state index contributed by atoms with van der Waals surface area (Å²) in [5.41, 5.74) is 0.346. The van der Waals surface area contributed by atoms with Crippen LogP contribution in [0.3, 0.4) is 0 Å². The van der Waals surface area contributed by atoms with Crippen molar-refractivity contribution in [2.45, 2.75) is 18.2 Å². The van der Waals surface area contributed by atoms with Gasteiger partial charge in [-0.05, 0) is 53.8 Å². The molecule has 196 valence electrons. The van der Waals surface area contributed by atoms with Crippen molar-refractivity contribution in [2.24, 2.45) is 10.2 Å². The molecule has 0 heterocycles. The topological polar surface area (TPSA) is 140 Å². The van der Waals surface area contributed by atoms with Gasteiger partial charge in [-0.3, -0.25) is 9.35 Å². The molecule has 0 spiro atoms. The maximum atomic E-state index is 13.5. The summed E-state index contributed by atoms with van der Waals surface area (Å²) in [5.74, 6) is -1.10. The van der Waals surface area contributed by atoms with Crippen LogP contribution in [0.5, 0.6) is 11.5 Å².